The van der Waals surface area contributed by atoms with E-state index in [0.717, 1.165) is 30.9 Å². The molecule has 21 heavy (non-hydrogen) atoms. The molecule has 2 aromatic rings. The zero-order valence-electron chi connectivity index (χ0n) is 12.8. The second kappa shape index (κ2) is 8.00. The highest BCUT2D eigenvalue weighted by Gasteiger charge is 2.13. The average Bonchev–Trinajstić information content (AvgIpc) is 3.00. The molecule has 0 saturated heterocycles. The van der Waals surface area contributed by atoms with Crippen molar-refractivity contribution in [3.8, 4) is 11.5 Å². The summed E-state index contributed by atoms with van der Waals surface area (Å²) in [6, 6.07) is 6.47. The molecule has 5 heteroatoms. The molecule has 0 saturated carbocycles. The van der Waals surface area contributed by atoms with Gasteiger partial charge in [-0.1, -0.05) is 13.0 Å². The van der Waals surface area contributed by atoms with Crippen LogP contribution in [-0.2, 0) is 12.8 Å². The first-order chi connectivity index (χ1) is 10.3. The normalized spacial score (nSPS) is 12.1. The van der Waals surface area contributed by atoms with E-state index in [1.807, 2.05) is 23.7 Å². The van der Waals surface area contributed by atoms with E-state index in [1.54, 1.807) is 25.6 Å². The number of ether oxygens (including phenoxy) is 2. The predicted octanol–water partition coefficient (Wildman–Crippen LogP) is 2.92. The summed E-state index contributed by atoms with van der Waals surface area (Å²) in [5, 5.41) is 6.72. The molecule has 0 aliphatic rings. The van der Waals surface area contributed by atoms with Gasteiger partial charge in [0.05, 0.1) is 19.2 Å². The summed E-state index contributed by atoms with van der Waals surface area (Å²) in [5.74, 6) is 1.54. The molecule has 0 aliphatic carbocycles. The Hall–Kier alpha value is -1.59. The van der Waals surface area contributed by atoms with Crippen molar-refractivity contribution in [1.29, 1.82) is 0 Å². The average molecular weight is 306 g/mol. The van der Waals surface area contributed by atoms with E-state index in [-0.39, 0.29) is 0 Å². The van der Waals surface area contributed by atoms with E-state index >= 15 is 0 Å². The molecule has 0 bridgehead atoms. The lowest BCUT2D eigenvalue weighted by Crippen LogP contribution is -2.33. The number of benzene rings is 1. The summed E-state index contributed by atoms with van der Waals surface area (Å²) in [6.45, 7) is 3.08. The monoisotopic (exact) mass is 306 g/mol. The zero-order valence-corrected chi connectivity index (χ0v) is 13.6. The lowest BCUT2D eigenvalue weighted by molar-refractivity contribution is 0.354. The van der Waals surface area contributed by atoms with Crippen molar-refractivity contribution < 1.29 is 9.47 Å². The fourth-order valence-corrected chi connectivity index (χ4v) is 3.06. The number of rotatable bonds is 8. The van der Waals surface area contributed by atoms with Crippen LogP contribution in [0.4, 0.5) is 0 Å². The lowest BCUT2D eigenvalue weighted by Gasteiger charge is -2.18. The fourth-order valence-electron chi connectivity index (χ4n) is 2.36. The van der Waals surface area contributed by atoms with Gasteiger partial charge in [-0.3, -0.25) is 0 Å². The summed E-state index contributed by atoms with van der Waals surface area (Å²) in [7, 11) is 3.32. The van der Waals surface area contributed by atoms with Crippen LogP contribution in [0.25, 0.3) is 0 Å². The van der Waals surface area contributed by atoms with Gasteiger partial charge in [-0.05, 0) is 30.7 Å². The first kappa shape index (κ1) is 15.8. The van der Waals surface area contributed by atoms with Gasteiger partial charge in [0, 0.05) is 24.0 Å². The predicted molar refractivity (Wildman–Crippen MR) is 86.5 cm³/mol. The van der Waals surface area contributed by atoms with Crippen molar-refractivity contribution in [2.75, 3.05) is 20.8 Å². The first-order valence-electron chi connectivity index (χ1n) is 7.09. The smallest absolute Gasteiger partial charge is 0.160 e. The van der Waals surface area contributed by atoms with Gasteiger partial charge < -0.3 is 14.8 Å². The van der Waals surface area contributed by atoms with Crippen LogP contribution in [0.5, 0.6) is 11.5 Å². The topological polar surface area (TPSA) is 43.4 Å². The summed E-state index contributed by atoms with van der Waals surface area (Å²) in [5.41, 5.74) is 1.23. The van der Waals surface area contributed by atoms with Crippen LogP contribution in [0.1, 0.15) is 17.5 Å². The first-order valence-corrected chi connectivity index (χ1v) is 7.97. The molecule has 0 fully saturated rings. The molecule has 0 spiro atoms. The van der Waals surface area contributed by atoms with Crippen molar-refractivity contribution in [1.82, 2.24) is 10.3 Å². The third-order valence-corrected chi connectivity index (χ3v) is 4.13. The Morgan fingerprint density at radius 3 is 2.62 bits per heavy atom. The van der Waals surface area contributed by atoms with E-state index in [2.05, 4.69) is 23.3 Å². The van der Waals surface area contributed by atoms with E-state index in [1.165, 1.54) is 10.6 Å². The van der Waals surface area contributed by atoms with Gasteiger partial charge in [-0.15, -0.1) is 11.3 Å². The number of thiazole rings is 1. The zero-order chi connectivity index (χ0) is 15.1. The number of hydrogen-bond acceptors (Lipinski definition) is 5. The fraction of sp³-hybridized carbons (Fsp3) is 0.438. The number of nitrogens with zero attached hydrogens (tertiary/aromatic N) is 1. The second-order valence-corrected chi connectivity index (χ2v) is 5.76. The van der Waals surface area contributed by atoms with Crippen LogP contribution in [0.2, 0.25) is 0 Å². The maximum Gasteiger partial charge on any atom is 0.160 e. The van der Waals surface area contributed by atoms with Crippen LogP contribution < -0.4 is 14.8 Å². The van der Waals surface area contributed by atoms with Crippen LogP contribution in [0.15, 0.2) is 29.8 Å². The minimum Gasteiger partial charge on any atom is -0.493 e. The standard InChI is InChI=1S/C16H22N2O2S/c1-4-17-13(11-16-18-7-8-21-16)9-12-5-6-14(19-2)15(10-12)20-3/h5-8,10,13,17H,4,9,11H2,1-3H3. The SMILES string of the molecule is CCNC(Cc1ccc(OC)c(OC)c1)Cc1nccs1. The van der Waals surface area contributed by atoms with Crippen LogP contribution in [0.3, 0.4) is 0 Å². The number of methoxy groups -OCH3 is 2. The maximum absolute atomic E-state index is 5.37. The van der Waals surface area contributed by atoms with E-state index in [9.17, 15) is 0 Å². The molecule has 1 unspecified atom stereocenters. The molecule has 4 nitrogen and oxygen atoms in total. The Labute approximate surface area is 130 Å². The lowest BCUT2D eigenvalue weighted by atomic mass is 10.0. The number of hydrogen-bond donors (Lipinski definition) is 1. The molecule has 1 aromatic heterocycles. The van der Waals surface area contributed by atoms with Gasteiger partial charge in [0.2, 0.25) is 0 Å². The molecular weight excluding hydrogens is 284 g/mol. The third-order valence-electron chi connectivity index (χ3n) is 3.33. The number of likely N-dealkylation sites (N-methyl/N-ethyl adjacent to an activating group) is 1. The van der Waals surface area contributed by atoms with Gasteiger partial charge in [0.15, 0.2) is 11.5 Å². The number of aromatic nitrogens is 1. The van der Waals surface area contributed by atoms with Crippen LogP contribution >= 0.6 is 11.3 Å². The third kappa shape index (κ3) is 4.44. The van der Waals surface area contributed by atoms with Crippen molar-refractivity contribution >= 4 is 11.3 Å². The van der Waals surface area contributed by atoms with E-state index < -0.39 is 0 Å². The van der Waals surface area contributed by atoms with Gasteiger partial charge in [-0.25, -0.2) is 4.98 Å². The van der Waals surface area contributed by atoms with E-state index in [4.69, 9.17) is 9.47 Å². The van der Waals surface area contributed by atoms with Gasteiger partial charge in [-0.2, -0.15) is 0 Å². The minimum atomic E-state index is 0.374. The minimum absolute atomic E-state index is 0.374. The Balaban J connectivity index is 2.09. The quantitative estimate of drug-likeness (QED) is 0.814. The van der Waals surface area contributed by atoms with Crippen molar-refractivity contribution in [2.24, 2.45) is 0 Å². The number of nitrogens with one attached hydrogen (secondary N) is 1. The van der Waals surface area contributed by atoms with Crippen molar-refractivity contribution in [2.45, 2.75) is 25.8 Å². The van der Waals surface area contributed by atoms with Gasteiger partial charge in [0.1, 0.15) is 0 Å². The van der Waals surface area contributed by atoms with E-state index in [0.29, 0.717) is 6.04 Å². The van der Waals surface area contributed by atoms with Gasteiger partial charge in [0.25, 0.3) is 0 Å². The molecule has 0 amide bonds. The molecule has 114 valence electrons. The van der Waals surface area contributed by atoms with Crippen LogP contribution in [-0.4, -0.2) is 31.8 Å². The Morgan fingerprint density at radius 1 is 1.19 bits per heavy atom. The molecule has 2 rings (SSSR count). The summed E-state index contributed by atoms with van der Waals surface area (Å²) in [4.78, 5) is 4.37. The van der Waals surface area contributed by atoms with Crippen molar-refractivity contribution in [3.63, 3.8) is 0 Å². The second-order valence-electron chi connectivity index (χ2n) is 4.78. The Kier molecular flexibility index (Phi) is 6.02. The molecule has 1 heterocycles. The van der Waals surface area contributed by atoms with Gasteiger partial charge >= 0.3 is 0 Å². The van der Waals surface area contributed by atoms with Crippen molar-refractivity contribution in [3.05, 3.63) is 40.3 Å². The summed E-state index contributed by atoms with van der Waals surface area (Å²) < 4.78 is 10.6. The largest absolute Gasteiger partial charge is 0.493 e. The Bertz CT molecular complexity index is 543. The molecule has 0 radical (unpaired) electrons. The summed E-state index contributed by atoms with van der Waals surface area (Å²) >= 11 is 1.71. The molecule has 0 aliphatic heterocycles. The molecular formula is C16H22N2O2S. The highest BCUT2D eigenvalue weighted by Crippen LogP contribution is 2.28. The van der Waals surface area contributed by atoms with Crippen LogP contribution in [0, 0.1) is 0 Å². The Morgan fingerprint density at radius 2 is 2.00 bits per heavy atom. The highest BCUT2D eigenvalue weighted by molar-refractivity contribution is 7.09. The molecule has 1 N–H and O–H groups in total. The maximum atomic E-state index is 5.37. The summed E-state index contributed by atoms with van der Waals surface area (Å²) in [6.07, 6.45) is 3.74. The molecule has 1 atom stereocenters. The highest BCUT2D eigenvalue weighted by atomic mass is 32.1. The molecule has 1 aromatic carbocycles.